The van der Waals surface area contributed by atoms with Crippen LogP contribution < -0.4 is 18.9 Å². The van der Waals surface area contributed by atoms with Crippen LogP contribution in [0.3, 0.4) is 0 Å². The quantitative estimate of drug-likeness (QED) is 0.322. The predicted molar refractivity (Wildman–Crippen MR) is 30.6 cm³/mol. The Hall–Kier alpha value is 1.08. The van der Waals surface area contributed by atoms with Crippen LogP contribution in [0.25, 0.3) is 0 Å². The standard InChI is InChI=1S/C5H8Br.Li/c1-5(2)3-4(5)6;/h3H2,1-2H3;/q-1;+1. The van der Waals surface area contributed by atoms with Gasteiger partial charge in [0.25, 0.3) is 0 Å². The summed E-state index contributed by atoms with van der Waals surface area (Å²) in [4.78, 5) is 1.47. The first-order chi connectivity index (χ1) is 2.63. The van der Waals surface area contributed by atoms with Crippen molar-refractivity contribution < 1.29 is 18.9 Å². The Morgan fingerprint density at radius 1 is 1.57 bits per heavy atom. The Balaban J connectivity index is 0.000000360. The van der Waals surface area contributed by atoms with Crippen LogP contribution in [0.4, 0.5) is 0 Å². The summed E-state index contributed by atoms with van der Waals surface area (Å²) in [5.74, 6) is 0. The summed E-state index contributed by atoms with van der Waals surface area (Å²) in [6.07, 6.45) is 1.27. The van der Waals surface area contributed by atoms with E-state index in [1.807, 2.05) is 0 Å². The van der Waals surface area contributed by atoms with Gasteiger partial charge in [0.1, 0.15) is 0 Å². The van der Waals surface area contributed by atoms with Gasteiger partial charge in [0, 0.05) is 0 Å². The molecule has 0 aliphatic heterocycles. The van der Waals surface area contributed by atoms with Crippen molar-refractivity contribution in [2.75, 3.05) is 0 Å². The van der Waals surface area contributed by atoms with E-state index < -0.39 is 0 Å². The molecular formula is C5H8BrLi. The summed E-state index contributed by atoms with van der Waals surface area (Å²) in [6.45, 7) is 4.47. The average molecular weight is 155 g/mol. The topological polar surface area (TPSA) is 0 Å². The first-order valence-corrected chi connectivity index (χ1v) is 2.94. The smallest absolute Gasteiger partial charge is 0.316 e. The van der Waals surface area contributed by atoms with E-state index in [-0.39, 0.29) is 18.9 Å². The molecule has 0 saturated heterocycles. The van der Waals surface area contributed by atoms with E-state index in [9.17, 15) is 0 Å². The normalized spacial score (nSPS) is 26.1. The zero-order chi connectivity index (χ0) is 4.78. The Bertz CT molecular complexity index is 70.5. The van der Waals surface area contributed by atoms with E-state index >= 15 is 0 Å². The molecule has 1 saturated carbocycles. The third-order valence-corrected chi connectivity index (χ3v) is 2.56. The first kappa shape index (κ1) is 8.08. The van der Waals surface area contributed by atoms with Gasteiger partial charge in [-0.1, -0.05) is 13.8 Å². The van der Waals surface area contributed by atoms with Crippen molar-refractivity contribution in [3.8, 4) is 0 Å². The molecule has 0 atom stereocenters. The molecular weight excluding hydrogens is 147 g/mol. The summed E-state index contributed by atoms with van der Waals surface area (Å²) >= 11 is 3.42. The molecule has 0 aromatic carbocycles. The fourth-order valence-corrected chi connectivity index (χ4v) is 1.04. The van der Waals surface area contributed by atoms with E-state index in [2.05, 4.69) is 29.8 Å². The van der Waals surface area contributed by atoms with Crippen molar-refractivity contribution in [2.24, 2.45) is 5.41 Å². The van der Waals surface area contributed by atoms with Crippen LogP contribution in [-0.2, 0) is 0 Å². The molecule has 0 aromatic heterocycles. The molecule has 36 valence electrons. The summed E-state index contributed by atoms with van der Waals surface area (Å²) in [5, 5.41) is 0. The van der Waals surface area contributed by atoms with Crippen molar-refractivity contribution in [1.82, 2.24) is 0 Å². The van der Waals surface area contributed by atoms with Gasteiger partial charge in [0.05, 0.1) is 0 Å². The average Bonchev–Trinajstić information content (AvgIpc) is 1.73. The van der Waals surface area contributed by atoms with Gasteiger partial charge in [-0.05, 0) is 0 Å². The van der Waals surface area contributed by atoms with E-state index in [4.69, 9.17) is 0 Å². The SMILES string of the molecule is CC1(C)C[C-]1Br.[Li+]. The fourth-order valence-electron chi connectivity index (χ4n) is 0.344. The van der Waals surface area contributed by atoms with Gasteiger partial charge in [0.15, 0.2) is 0 Å². The minimum absolute atomic E-state index is 0. The molecule has 7 heavy (non-hydrogen) atoms. The third kappa shape index (κ3) is 1.80. The molecule has 0 N–H and O–H groups in total. The Kier molecular flexibility index (Phi) is 2.46. The molecule has 0 heterocycles. The Labute approximate surface area is 65.4 Å². The first-order valence-electron chi connectivity index (χ1n) is 2.15. The maximum atomic E-state index is 3.42. The molecule has 1 rings (SSSR count). The van der Waals surface area contributed by atoms with Crippen LogP contribution in [0.15, 0.2) is 0 Å². The second-order valence-corrected chi connectivity index (χ2v) is 3.42. The number of halogens is 1. The molecule has 0 aromatic rings. The van der Waals surface area contributed by atoms with Gasteiger partial charge in [-0.25, -0.2) is 4.83 Å². The molecule has 1 aliphatic carbocycles. The van der Waals surface area contributed by atoms with Gasteiger partial charge in [-0.15, -0.1) is 0 Å². The molecule has 1 fully saturated rings. The van der Waals surface area contributed by atoms with Crippen molar-refractivity contribution in [3.05, 3.63) is 4.83 Å². The molecule has 0 unspecified atom stereocenters. The third-order valence-electron chi connectivity index (χ3n) is 1.21. The largest absolute Gasteiger partial charge is 1.00 e. The van der Waals surface area contributed by atoms with E-state index in [0.717, 1.165) is 0 Å². The van der Waals surface area contributed by atoms with Gasteiger partial charge in [-0.3, -0.25) is 0 Å². The molecule has 1 aliphatic rings. The molecule has 0 bridgehead atoms. The molecule has 0 nitrogen and oxygen atoms in total. The van der Waals surface area contributed by atoms with Crippen LogP contribution in [0, 0.1) is 10.2 Å². The predicted octanol–water partition coefficient (Wildman–Crippen LogP) is -0.653. The maximum Gasteiger partial charge on any atom is 1.00 e. The van der Waals surface area contributed by atoms with Crippen LogP contribution in [0.5, 0.6) is 0 Å². The minimum Gasteiger partial charge on any atom is -0.316 e. The van der Waals surface area contributed by atoms with Gasteiger partial charge in [-0.2, -0.15) is 11.8 Å². The molecule has 0 spiro atoms. The number of hydrogen-bond donors (Lipinski definition) is 0. The van der Waals surface area contributed by atoms with E-state index in [1.165, 1.54) is 11.2 Å². The van der Waals surface area contributed by atoms with E-state index in [1.54, 1.807) is 0 Å². The monoisotopic (exact) mass is 154 g/mol. The summed E-state index contributed by atoms with van der Waals surface area (Å²) in [5.41, 5.74) is 0.542. The zero-order valence-corrected chi connectivity index (χ0v) is 6.67. The maximum absolute atomic E-state index is 3.42. The second kappa shape index (κ2) is 2.13. The Morgan fingerprint density at radius 2 is 1.71 bits per heavy atom. The van der Waals surface area contributed by atoms with Gasteiger partial charge >= 0.3 is 18.9 Å². The fraction of sp³-hybridized carbons (Fsp3) is 0.800. The van der Waals surface area contributed by atoms with Crippen molar-refractivity contribution in [3.63, 3.8) is 0 Å². The van der Waals surface area contributed by atoms with Crippen molar-refractivity contribution in [2.45, 2.75) is 20.3 Å². The van der Waals surface area contributed by atoms with Crippen LogP contribution in [0.1, 0.15) is 20.3 Å². The number of hydrogen-bond acceptors (Lipinski definition) is 0. The summed E-state index contributed by atoms with van der Waals surface area (Å²) in [7, 11) is 0. The van der Waals surface area contributed by atoms with Crippen LogP contribution in [0.2, 0.25) is 0 Å². The second-order valence-electron chi connectivity index (χ2n) is 2.47. The van der Waals surface area contributed by atoms with Crippen LogP contribution >= 0.6 is 15.9 Å². The van der Waals surface area contributed by atoms with Crippen molar-refractivity contribution >= 4 is 15.9 Å². The molecule has 2 heteroatoms. The van der Waals surface area contributed by atoms with Gasteiger partial charge < -0.3 is 15.9 Å². The zero-order valence-electron chi connectivity index (χ0n) is 5.09. The van der Waals surface area contributed by atoms with Crippen molar-refractivity contribution in [1.29, 1.82) is 0 Å². The Morgan fingerprint density at radius 3 is 1.71 bits per heavy atom. The molecule has 0 radical (unpaired) electrons. The van der Waals surface area contributed by atoms with Gasteiger partial charge in [0.2, 0.25) is 0 Å². The summed E-state index contributed by atoms with van der Waals surface area (Å²) < 4.78 is 0. The van der Waals surface area contributed by atoms with Crippen LogP contribution in [-0.4, -0.2) is 0 Å². The molecule has 0 amide bonds. The summed E-state index contributed by atoms with van der Waals surface area (Å²) in [6, 6.07) is 0. The number of rotatable bonds is 0. The van der Waals surface area contributed by atoms with E-state index in [0.29, 0.717) is 5.41 Å². The minimum atomic E-state index is 0.